The second-order valence-corrected chi connectivity index (χ2v) is 6.23. The van der Waals surface area contributed by atoms with Crippen molar-refractivity contribution in [3.05, 3.63) is 35.9 Å². The Kier molecular flexibility index (Phi) is 7.97. The first-order chi connectivity index (χ1) is 12.5. The number of alkyl halides is 3. The minimum absolute atomic E-state index is 0.196. The average Bonchev–Trinajstić information content (AvgIpc) is 3.08. The number of nitrogens with one attached hydrogen (secondary N) is 1. The third-order valence-electron chi connectivity index (χ3n) is 4.34. The molecule has 1 aromatic rings. The molecule has 0 atom stereocenters. The molecule has 1 saturated carbocycles. The highest BCUT2D eigenvalue weighted by molar-refractivity contribution is 5.99. The summed E-state index contributed by atoms with van der Waals surface area (Å²) in [5.74, 6) is 0.741. The predicted octanol–water partition coefficient (Wildman–Crippen LogP) is 4.77. The van der Waals surface area contributed by atoms with Gasteiger partial charge in [0, 0.05) is 17.7 Å². The van der Waals surface area contributed by atoms with E-state index in [0.29, 0.717) is 19.3 Å². The van der Waals surface area contributed by atoms with Gasteiger partial charge in [-0.05, 0) is 36.6 Å². The molecule has 1 N–H and O–H groups in total. The first kappa shape index (κ1) is 20.3. The third-order valence-corrected chi connectivity index (χ3v) is 4.34. The fourth-order valence-corrected chi connectivity index (χ4v) is 3.20. The van der Waals surface area contributed by atoms with Crippen molar-refractivity contribution in [3.8, 4) is 5.75 Å². The van der Waals surface area contributed by atoms with Gasteiger partial charge in [0.15, 0.2) is 0 Å². The highest BCUT2D eigenvalue weighted by Gasteiger charge is 2.20. The normalized spacial score (nSPS) is 16.3. The van der Waals surface area contributed by atoms with E-state index in [0.717, 1.165) is 41.8 Å². The van der Waals surface area contributed by atoms with E-state index in [2.05, 4.69) is 11.9 Å². The molecule has 1 aromatic carbocycles. The Morgan fingerprint density at radius 3 is 2.65 bits per heavy atom. The standard InChI is InChI=1S/C18H23NO3.CHF3/c1-2-17(20)19-15-10-13-8-9-21-18(13)14(11-15)12-22-16-6-4-3-5-7-16;2-1(3)4/h2,10-11,16H,1,3-9,12H2,(H,19,20);1H. The number of amides is 1. The van der Waals surface area contributed by atoms with Gasteiger partial charge in [-0.25, -0.2) is 0 Å². The Balaban J connectivity index is 0.000000552. The van der Waals surface area contributed by atoms with Gasteiger partial charge in [-0.2, -0.15) is 13.2 Å². The van der Waals surface area contributed by atoms with Crippen LogP contribution in [0.4, 0.5) is 18.9 Å². The van der Waals surface area contributed by atoms with Crippen LogP contribution in [0.1, 0.15) is 43.2 Å². The number of carbonyl (C=O) groups is 1. The van der Waals surface area contributed by atoms with Gasteiger partial charge in [-0.1, -0.05) is 25.8 Å². The Morgan fingerprint density at radius 1 is 1.31 bits per heavy atom. The predicted molar refractivity (Wildman–Crippen MR) is 93.2 cm³/mol. The summed E-state index contributed by atoms with van der Waals surface area (Å²) in [6.45, 7) is 1.07. The van der Waals surface area contributed by atoms with Crippen LogP contribution in [-0.2, 0) is 22.6 Å². The molecule has 7 heteroatoms. The van der Waals surface area contributed by atoms with Crippen LogP contribution < -0.4 is 10.1 Å². The lowest BCUT2D eigenvalue weighted by molar-refractivity contribution is -0.111. The van der Waals surface area contributed by atoms with Crippen LogP contribution in [0, 0.1) is 0 Å². The van der Waals surface area contributed by atoms with Crippen molar-refractivity contribution in [3.63, 3.8) is 0 Å². The molecule has 3 rings (SSSR count). The molecule has 1 aliphatic carbocycles. The second kappa shape index (κ2) is 10.2. The summed E-state index contributed by atoms with van der Waals surface area (Å²) in [5, 5.41) is 2.83. The molecule has 26 heavy (non-hydrogen) atoms. The van der Waals surface area contributed by atoms with Crippen LogP contribution in [0.2, 0.25) is 0 Å². The van der Waals surface area contributed by atoms with Crippen LogP contribution >= 0.6 is 0 Å². The summed E-state index contributed by atoms with van der Waals surface area (Å²) in [7, 11) is 0. The van der Waals surface area contributed by atoms with Crippen molar-refractivity contribution >= 4 is 11.6 Å². The minimum atomic E-state index is -3.67. The lowest BCUT2D eigenvalue weighted by Crippen LogP contribution is -2.16. The minimum Gasteiger partial charge on any atom is -0.493 e. The molecule has 1 amide bonds. The van der Waals surface area contributed by atoms with E-state index in [1.807, 2.05) is 12.1 Å². The summed E-state index contributed by atoms with van der Waals surface area (Å²) in [6, 6.07) is 3.93. The zero-order valence-electron chi connectivity index (χ0n) is 14.6. The van der Waals surface area contributed by atoms with Crippen molar-refractivity contribution in [2.75, 3.05) is 11.9 Å². The maximum atomic E-state index is 11.5. The maximum Gasteiger partial charge on any atom is 0.379 e. The third kappa shape index (κ3) is 6.37. The molecule has 4 nitrogen and oxygen atoms in total. The fourth-order valence-electron chi connectivity index (χ4n) is 3.20. The van der Waals surface area contributed by atoms with E-state index < -0.39 is 6.68 Å². The van der Waals surface area contributed by atoms with E-state index in [-0.39, 0.29) is 5.91 Å². The lowest BCUT2D eigenvalue weighted by Gasteiger charge is -2.22. The molecule has 0 aromatic heterocycles. The first-order valence-electron chi connectivity index (χ1n) is 8.75. The number of carbonyl (C=O) groups excluding carboxylic acids is 1. The van der Waals surface area contributed by atoms with Crippen LogP contribution in [-0.4, -0.2) is 25.3 Å². The van der Waals surface area contributed by atoms with Crippen molar-refractivity contribution in [1.82, 2.24) is 0 Å². The van der Waals surface area contributed by atoms with Gasteiger partial charge in [-0.3, -0.25) is 4.79 Å². The van der Waals surface area contributed by atoms with Crippen LogP contribution in [0.25, 0.3) is 0 Å². The highest BCUT2D eigenvalue weighted by atomic mass is 19.4. The van der Waals surface area contributed by atoms with Gasteiger partial charge >= 0.3 is 6.68 Å². The average molecular weight is 371 g/mol. The number of rotatable bonds is 5. The van der Waals surface area contributed by atoms with Gasteiger partial charge in [0.2, 0.25) is 5.91 Å². The van der Waals surface area contributed by atoms with E-state index in [4.69, 9.17) is 9.47 Å². The Morgan fingerprint density at radius 2 is 2.00 bits per heavy atom. The molecule has 1 aliphatic heterocycles. The SMILES string of the molecule is C=CC(=O)Nc1cc2c(c(COC3CCCCC3)c1)OCC2.FC(F)F. The largest absolute Gasteiger partial charge is 0.493 e. The van der Waals surface area contributed by atoms with Crippen molar-refractivity contribution in [2.24, 2.45) is 0 Å². The van der Waals surface area contributed by atoms with Crippen LogP contribution in [0.5, 0.6) is 5.75 Å². The quantitative estimate of drug-likeness (QED) is 0.758. The first-order valence-corrected chi connectivity index (χ1v) is 8.75. The number of benzene rings is 1. The summed E-state index contributed by atoms with van der Waals surface area (Å²) >= 11 is 0. The monoisotopic (exact) mass is 371 g/mol. The zero-order chi connectivity index (χ0) is 18.9. The molecular formula is C19H24F3NO3. The van der Waals surface area contributed by atoms with E-state index >= 15 is 0 Å². The van der Waals surface area contributed by atoms with Crippen molar-refractivity contribution in [1.29, 1.82) is 0 Å². The van der Waals surface area contributed by atoms with Gasteiger partial charge in [0.25, 0.3) is 0 Å². The highest BCUT2D eigenvalue weighted by Crippen LogP contribution is 2.34. The van der Waals surface area contributed by atoms with Gasteiger partial charge in [0.05, 0.1) is 19.3 Å². The second-order valence-electron chi connectivity index (χ2n) is 6.23. The number of halogens is 3. The molecule has 1 fully saturated rings. The molecule has 0 saturated heterocycles. The van der Waals surface area contributed by atoms with Gasteiger partial charge in [-0.15, -0.1) is 0 Å². The van der Waals surface area contributed by atoms with E-state index in [1.54, 1.807) is 0 Å². The zero-order valence-corrected chi connectivity index (χ0v) is 14.6. The van der Waals surface area contributed by atoms with E-state index in [1.165, 1.54) is 25.3 Å². The van der Waals surface area contributed by atoms with Crippen LogP contribution in [0.15, 0.2) is 24.8 Å². The molecule has 0 unspecified atom stereocenters. The van der Waals surface area contributed by atoms with E-state index in [9.17, 15) is 18.0 Å². The molecule has 0 radical (unpaired) electrons. The fraction of sp³-hybridized carbons (Fsp3) is 0.526. The number of ether oxygens (including phenoxy) is 2. The Hall–Kier alpha value is -2.02. The van der Waals surface area contributed by atoms with Crippen molar-refractivity contribution < 1.29 is 27.4 Å². The van der Waals surface area contributed by atoms with Gasteiger partial charge < -0.3 is 14.8 Å². The number of hydrogen-bond donors (Lipinski definition) is 1. The number of hydrogen-bond acceptors (Lipinski definition) is 3. The molecule has 144 valence electrons. The summed E-state index contributed by atoms with van der Waals surface area (Å²) in [6.07, 6.45) is 8.65. The number of fused-ring (bicyclic) bond motifs is 1. The maximum absolute atomic E-state index is 11.5. The lowest BCUT2D eigenvalue weighted by atomic mass is 9.98. The molecule has 1 heterocycles. The molecule has 2 aliphatic rings. The smallest absolute Gasteiger partial charge is 0.379 e. The number of anilines is 1. The molecular weight excluding hydrogens is 347 g/mol. The molecule has 0 spiro atoms. The van der Waals surface area contributed by atoms with Gasteiger partial charge in [0.1, 0.15) is 5.75 Å². The van der Waals surface area contributed by atoms with Crippen molar-refractivity contribution in [2.45, 2.75) is 57.9 Å². The Labute approximate surface area is 151 Å². The molecule has 0 bridgehead atoms. The summed E-state index contributed by atoms with van der Waals surface area (Å²) in [5.41, 5.74) is 2.96. The van der Waals surface area contributed by atoms with Crippen LogP contribution in [0.3, 0.4) is 0 Å². The summed E-state index contributed by atoms with van der Waals surface area (Å²) < 4.78 is 40.8. The summed E-state index contributed by atoms with van der Waals surface area (Å²) in [4.78, 5) is 11.5. The topological polar surface area (TPSA) is 47.6 Å². The Bertz CT molecular complexity index is 614.